The van der Waals surface area contributed by atoms with Crippen molar-refractivity contribution in [1.29, 1.82) is 0 Å². The Bertz CT molecular complexity index is 1250. The monoisotopic (exact) mass is 415 g/mol. The Morgan fingerprint density at radius 1 is 1.07 bits per heavy atom. The minimum absolute atomic E-state index is 0.0738. The molecular formula is C20H18FN3O4S. The van der Waals surface area contributed by atoms with Gasteiger partial charge >= 0.3 is 0 Å². The number of halogens is 1. The summed E-state index contributed by atoms with van der Waals surface area (Å²) in [5.74, 6) is -1.25. The van der Waals surface area contributed by atoms with Crippen LogP contribution >= 0.6 is 0 Å². The number of benzene rings is 2. The standard InChI is InChI=1S/C20H18FN3O4S/c21-13-3-8-18-16(11-13)19(25)17(12-22-18)20(26)23-14-4-6-15(7-5-14)29(27,28)24-9-1-2-10-24/h3-8,11-12H,1-2,9-10H2,(H,22,25)(H,23,26). The highest BCUT2D eigenvalue weighted by molar-refractivity contribution is 7.89. The second kappa shape index (κ2) is 7.41. The second-order valence-corrected chi connectivity index (χ2v) is 8.75. The molecular weight excluding hydrogens is 397 g/mol. The number of aromatic amines is 1. The van der Waals surface area contributed by atoms with Gasteiger partial charge in [0.05, 0.1) is 4.90 Å². The van der Waals surface area contributed by atoms with Crippen LogP contribution in [-0.4, -0.2) is 36.7 Å². The fourth-order valence-electron chi connectivity index (χ4n) is 3.35. The third kappa shape index (κ3) is 3.66. The Morgan fingerprint density at radius 2 is 1.76 bits per heavy atom. The lowest BCUT2D eigenvalue weighted by atomic mass is 10.1. The number of pyridine rings is 1. The summed E-state index contributed by atoms with van der Waals surface area (Å²) in [6.45, 7) is 1.01. The van der Waals surface area contributed by atoms with Gasteiger partial charge in [-0.1, -0.05) is 0 Å². The van der Waals surface area contributed by atoms with Crippen molar-refractivity contribution >= 4 is 32.5 Å². The maximum Gasteiger partial charge on any atom is 0.261 e. The van der Waals surface area contributed by atoms with Crippen LogP contribution in [0.15, 0.2) is 58.4 Å². The predicted molar refractivity (Wildman–Crippen MR) is 107 cm³/mol. The highest BCUT2D eigenvalue weighted by atomic mass is 32.2. The molecule has 0 bridgehead atoms. The number of rotatable bonds is 4. The summed E-state index contributed by atoms with van der Waals surface area (Å²) < 4.78 is 40.0. The molecule has 29 heavy (non-hydrogen) atoms. The Kier molecular flexibility index (Phi) is 4.93. The average molecular weight is 415 g/mol. The van der Waals surface area contributed by atoms with E-state index in [2.05, 4.69) is 10.3 Å². The van der Waals surface area contributed by atoms with Crippen molar-refractivity contribution in [1.82, 2.24) is 9.29 Å². The molecule has 1 fully saturated rings. The van der Waals surface area contributed by atoms with Crippen LogP contribution in [0.2, 0.25) is 0 Å². The van der Waals surface area contributed by atoms with E-state index in [4.69, 9.17) is 0 Å². The molecule has 2 heterocycles. The molecule has 1 aliphatic rings. The van der Waals surface area contributed by atoms with Gasteiger partial charge in [0.25, 0.3) is 5.91 Å². The highest BCUT2D eigenvalue weighted by Gasteiger charge is 2.27. The molecule has 0 aliphatic carbocycles. The first-order valence-electron chi connectivity index (χ1n) is 9.09. The van der Waals surface area contributed by atoms with Gasteiger partial charge in [-0.2, -0.15) is 4.31 Å². The van der Waals surface area contributed by atoms with E-state index >= 15 is 0 Å². The minimum atomic E-state index is -3.54. The number of nitrogens with zero attached hydrogens (tertiary/aromatic N) is 1. The number of anilines is 1. The molecule has 0 unspecified atom stereocenters. The molecule has 2 aromatic carbocycles. The Morgan fingerprint density at radius 3 is 2.45 bits per heavy atom. The molecule has 1 saturated heterocycles. The van der Waals surface area contributed by atoms with Gasteiger partial charge in [-0.05, 0) is 55.3 Å². The van der Waals surface area contributed by atoms with E-state index in [-0.39, 0.29) is 15.8 Å². The van der Waals surface area contributed by atoms with Crippen molar-refractivity contribution in [2.24, 2.45) is 0 Å². The zero-order chi connectivity index (χ0) is 20.6. The number of aromatic nitrogens is 1. The van der Waals surface area contributed by atoms with Gasteiger partial charge in [-0.15, -0.1) is 0 Å². The summed E-state index contributed by atoms with van der Waals surface area (Å²) in [6, 6.07) is 9.49. The first-order valence-corrected chi connectivity index (χ1v) is 10.5. The smallest absolute Gasteiger partial charge is 0.261 e. The first-order chi connectivity index (χ1) is 13.9. The SMILES string of the molecule is O=C(Nc1ccc(S(=O)(=O)N2CCCC2)cc1)c1c[nH]c2ccc(F)cc2c1=O. The minimum Gasteiger partial charge on any atom is -0.360 e. The number of sulfonamides is 1. The van der Waals surface area contributed by atoms with E-state index in [1.807, 2.05) is 0 Å². The molecule has 0 saturated carbocycles. The number of carbonyl (C=O) groups excluding carboxylic acids is 1. The van der Waals surface area contributed by atoms with Gasteiger partial charge in [0.15, 0.2) is 0 Å². The van der Waals surface area contributed by atoms with Gasteiger partial charge in [-0.25, -0.2) is 12.8 Å². The van der Waals surface area contributed by atoms with E-state index in [1.54, 1.807) is 0 Å². The van der Waals surface area contributed by atoms with E-state index in [0.717, 1.165) is 18.9 Å². The zero-order valence-electron chi connectivity index (χ0n) is 15.3. The molecule has 4 rings (SSSR count). The van der Waals surface area contributed by atoms with E-state index in [9.17, 15) is 22.4 Å². The Labute approximate surface area is 166 Å². The van der Waals surface area contributed by atoms with Crippen LogP contribution in [0.4, 0.5) is 10.1 Å². The molecule has 0 radical (unpaired) electrons. The van der Waals surface area contributed by atoms with Gasteiger partial charge in [-0.3, -0.25) is 9.59 Å². The third-order valence-electron chi connectivity index (χ3n) is 4.90. The fourth-order valence-corrected chi connectivity index (χ4v) is 4.86. The lowest BCUT2D eigenvalue weighted by Crippen LogP contribution is -2.27. The van der Waals surface area contributed by atoms with Crippen molar-refractivity contribution in [3.05, 3.63) is 70.3 Å². The Balaban J connectivity index is 1.57. The van der Waals surface area contributed by atoms with Crippen LogP contribution < -0.4 is 10.7 Å². The largest absolute Gasteiger partial charge is 0.360 e. The van der Waals surface area contributed by atoms with Crippen LogP contribution in [0.25, 0.3) is 10.9 Å². The summed E-state index contributed by atoms with van der Waals surface area (Å²) in [6.07, 6.45) is 2.96. The molecule has 7 nitrogen and oxygen atoms in total. The molecule has 1 amide bonds. The van der Waals surface area contributed by atoms with Crippen molar-refractivity contribution in [2.75, 3.05) is 18.4 Å². The highest BCUT2D eigenvalue weighted by Crippen LogP contribution is 2.22. The van der Waals surface area contributed by atoms with Crippen molar-refractivity contribution in [3.8, 4) is 0 Å². The molecule has 1 aromatic heterocycles. The molecule has 9 heteroatoms. The predicted octanol–water partition coefficient (Wildman–Crippen LogP) is 2.70. The number of amides is 1. The number of fused-ring (bicyclic) bond motifs is 1. The molecule has 0 atom stereocenters. The number of carbonyl (C=O) groups is 1. The van der Waals surface area contributed by atoms with Crippen LogP contribution in [0.3, 0.4) is 0 Å². The maximum atomic E-state index is 13.4. The molecule has 2 N–H and O–H groups in total. The summed E-state index contributed by atoms with van der Waals surface area (Å²) in [4.78, 5) is 28.0. The summed E-state index contributed by atoms with van der Waals surface area (Å²) in [5, 5.41) is 2.64. The number of hydrogen-bond acceptors (Lipinski definition) is 4. The van der Waals surface area contributed by atoms with Crippen molar-refractivity contribution in [2.45, 2.75) is 17.7 Å². The molecule has 1 aliphatic heterocycles. The van der Waals surface area contributed by atoms with E-state index in [1.165, 1.54) is 46.9 Å². The molecule has 3 aromatic rings. The van der Waals surface area contributed by atoms with E-state index < -0.39 is 27.2 Å². The number of nitrogens with one attached hydrogen (secondary N) is 2. The van der Waals surface area contributed by atoms with Gasteiger partial charge in [0.1, 0.15) is 11.4 Å². The average Bonchev–Trinajstić information content (AvgIpc) is 3.25. The normalized spacial score (nSPS) is 14.9. The van der Waals surface area contributed by atoms with E-state index in [0.29, 0.717) is 24.3 Å². The lowest BCUT2D eigenvalue weighted by molar-refractivity contribution is 0.102. The quantitative estimate of drug-likeness (QED) is 0.684. The number of H-pyrrole nitrogens is 1. The lowest BCUT2D eigenvalue weighted by Gasteiger charge is -2.15. The maximum absolute atomic E-state index is 13.4. The molecule has 150 valence electrons. The van der Waals surface area contributed by atoms with Gasteiger partial charge in [0.2, 0.25) is 15.5 Å². The Hall–Kier alpha value is -3.04. The second-order valence-electron chi connectivity index (χ2n) is 6.81. The topological polar surface area (TPSA) is 99.3 Å². The third-order valence-corrected chi connectivity index (χ3v) is 6.82. The summed E-state index contributed by atoms with van der Waals surface area (Å²) in [5.41, 5.74) is -0.000575. The van der Waals surface area contributed by atoms with Crippen LogP contribution in [-0.2, 0) is 10.0 Å². The van der Waals surface area contributed by atoms with Crippen LogP contribution in [0.5, 0.6) is 0 Å². The van der Waals surface area contributed by atoms with Gasteiger partial charge < -0.3 is 10.3 Å². The van der Waals surface area contributed by atoms with Gasteiger partial charge in [0, 0.05) is 35.9 Å². The summed E-state index contributed by atoms with van der Waals surface area (Å²) in [7, 11) is -3.54. The van der Waals surface area contributed by atoms with Crippen molar-refractivity contribution in [3.63, 3.8) is 0 Å². The van der Waals surface area contributed by atoms with Crippen LogP contribution in [0.1, 0.15) is 23.2 Å². The van der Waals surface area contributed by atoms with Crippen molar-refractivity contribution < 1.29 is 17.6 Å². The zero-order valence-corrected chi connectivity index (χ0v) is 16.1. The fraction of sp³-hybridized carbons (Fsp3) is 0.200. The first kappa shape index (κ1) is 19.3. The van der Waals surface area contributed by atoms with Crippen LogP contribution in [0, 0.1) is 5.82 Å². The summed E-state index contributed by atoms with van der Waals surface area (Å²) >= 11 is 0. The molecule has 0 spiro atoms. The number of hydrogen-bond donors (Lipinski definition) is 2.